The molecule has 186 valence electrons. The first-order chi connectivity index (χ1) is 16.7. The molecule has 0 saturated carbocycles. The van der Waals surface area contributed by atoms with Crippen LogP contribution in [-0.2, 0) is 11.9 Å². The third-order valence-electron chi connectivity index (χ3n) is 7.79. The van der Waals surface area contributed by atoms with Crippen molar-refractivity contribution in [3.8, 4) is 0 Å². The summed E-state index contributed by atoms with van der Waals surface area (Å²) in [6, 6.07) is 4.14. The number of Topliss-reactive ketones (excluding diaryl/α,β-unsaturated/α-hetero) is 1. The van der Waals surface area contributed by atoms with E-state index in [2.05, 4.69) is 32.1 Å². The molecule has 0 bridgehead atoms. The summed E-state index contributed by atoms with van der Waals surface area (Å²) in [6.45, 7) is 8.20. The Morgan fingerprint density at radius 1 is 0.971 bits per heavy atom. The highest BCUT2D eigenvalue weighted by Crippen LogP contribution is 2.27. The van der Waals surface area contributed by atoms with Gasteiger partial charge in [0.2, 0.25) is 0 Å². The van der Waals surface area contributed by atoms with Gasteiger partial charge in [-0.25, -0.2) is 9.67 Å². The fraction of sp³-hybridized carbons (Fsp3) is 0.731. The van der Waals surface area contributed by atoms with Gasteiger partial charge in [0, 0.05) is 46.2 Å². The Morgan fingerprint density at radius 3 is 2.47 bits per heavy atom. The largest absolute Gasteiger partial charge is 0.357 e. The fourth-order valence-corrected chi connectivity index (χ4v) is 5.65. The van der Waals surface area contributed by atoms with Gasteiger partial charge in [-0.1, -0.05) is 12.8 Å². The lowest BCUT2D eigenvalue weighted by molar-refractivity contribution is -0.182. The zero-order valence-corrected chi connectivity index (χ0v) is 20.8. The molecule has 0 amide bonds. The summed E-state index contributed by atoms with van der Waals surface area (Å²) >= 11 is 0. The highest BCUT2D eigenvalue weighted by atomic mass is 16.7. The Labute approximate surface area is 203 Å². The molecular weight excluding hydrogens is 428 g/mol. The van der Waals surface area contributed by atoms with E-state index in [1.807, 2.05) is 7.05 Å². The average molecular weight is 469 g/mol. The van der Waals surface area contributed by atoms with Crippen molar-refractivity contribution in [3.05, 3.63) is 17.8 Å². The van der Waals surface area contributed by atoms with Crippen LogP contribution in [0.4, 0.5) is 5.82 Å². The molecule has 3 aliphatic heterocycles. The first-order valence-corrected chi connectivity index (χ1v) is 13.4. The molecule has 8 nitrogen and oxygen atoms in total. The van der Waals surface area contributed by atoms with Gasteiger partial charge in [0.25, 0.3) is 0 Å². The number of hydrogen-bond donors (Lipinski definition) is 0. The van der Waals surface area contributed by atoms with E-state index in [1.165, 1.54) is 38.5 Å². The predicted octanol–water partition coefficient (Wildman–Crippen LogP) is 3.66. The topological polar surface area (TPSA) is 66.7 Å². The molecule has 8 heteroatoms. The smallest absolute Gasteiger partial charge is 0.184 e. The Morgan fingerprint density at radius 2 is 1.74 bits per heavy atom. The van der Waals surface area contributed by atoms with E-state index in [0.29, 0.717) is 18.0 Å². The fourth-order valence-electron chi connectivity index (χ4n) is 5.65. The van der Waals surface area contributed by atoms with E-state index in [-0.39, 0.29) is 5.78 Å². The second-order valence-corrected chi connectivity index (χ2v) is 10.3. The lowest BCUT2D eigenvalue weighted by Gasteiger charge is -2.34. The minimum atomic E-state index is 0.162. The summed E-state index contributed by atoms with van der Waals surface area (Å²) in [4.78, 5) is 28.8. The number of nitrogens with zero attached hydrogens (tertiary/aromatic N) is 6. The zero-order chi connectivity index (χ0) is 23.3. The Balaban J connectivity index is 1.16. The second-order valence-electron chi connectivity index (χ2n) is 10.3. The minimum absolute atomic E-state index is 0.162. The van der Waals surface area contributed by atoms with Crippen LogP contribution < -0.4 is 4.90 Å². The van der Waals surface area contributed by atoms with Crippen molar-refractivity contribution >= 4 is 22.6 Å². The summed E-state index contributed by atoms with van der Waals surface area (Å²) < 4.78 is 1.79. The number of likely N-dealkylation sites (tertiary alicyclic amines) is 1. The number of fused-ring (bicyclic) bond motifs is 1. The van der Waals surface area contributed by atoms with Gasteiger partial charge in [-0.15, -0.1) is 0 Å². The lowest BCUT2D eigenvalue weighted by Crippen LogP contribution is -2.41. The molecule has 3 aliphatic rings. The van der Waals surface area contributed by atoms with Crippen molar-refractivity contribution in [2.45, 2.75) is 57.8 Å². The van der Waals surface area contributed by atoms with Crippen LogP contribution in [-0.4, -0.2) is 82.9 Å². The van der Waals surface area contributed by atoms with Crippen molar-refractivity contribution in [3.63, 3.8) is 0 Å². The number of anilines is 1. The number of carbonyl (C=O) groups excluding carboxylic acids is 1. The molecule has 0 aliphatic carbocycles. The number of carbonyl (C=O) groups is 1. The molecule has 0 aromatic carbocycles. The number of hydroxylamine groups is 2. The normalized spacial score (nSPS) is 21.7. The van der Waals surface area contributed by atoms with Gasteiger partial charge in [0.15, 0.2) is 11.4 Å². The first-order valence-electron chi connectivity index (χ1n) is 13.4. The highest BCUT2D eigenvalue weighted by molar-refractivity contribution is 6.05. The van der Waals surface area contributed by atoms with Crippen LogP contribution in [0.15, 0.2) is 12.1 Å². The van der Waals surface area contributed by atoms with Gasteiger partial charge in [0.05, 0.1) is 12.0 Å². The quantitative estimate of drug-likeness (QED) is 0.575. The monoisotopic (exact) mass is 468 g/mol. The molecule has 0 unspecified atom stereocenters. The molecule has 2 aromatic heterocycles. The van der Waals surface area contributed by atoms with Gasteiger partial charge < -0.3 is 9.80 Å². The van der Waals surface area contributed by atoms with Crippen molar-refractivity contribution in [1.82, 2.24) is 24.7 Å². The third-order valence-corrected chi connectivity index (χ3v) is 7.79. The Hall–Kier alpha value is -2.03. The molecule has 0 radical (unpaired) electrons. The standard InChI is InChI=1S/C26H40N6O2/c1-29-26-22(8-9-24(27-26)31-12-4-2-3-5-13-31)25(28-29)23(33)20-21-10-15-30(16-11-21)17-18-32-14-6-7-19-34-32/h8-9,21H,2-7,10-20H2,1H3. The van der Waals surface area contributed by atoms with E-state index in [9.17, 15) is 4.79 Å². The number of pyridine rings is 1. The third kappa shape index (κ3) is 5.61. The van der Waals surface area contributed by atoms with Crippen LogP contribution in [0.25, 0.3) is 11.0 Å². The number of rotatable bonds is 7. The second kappa shape index (κ2) is 11.1. The maximum Gasteiger partial charge on any atom is 0.184 e. The minimum Gasteiger partial charge on any atom is -0.357 e. The van der Waals surface area contributed by atoms with Gasteiger partial charge >= 0.3 is 0 Å². The van der Waals surface area contributed by atoms with Crippen molar-refractivity contribution in [2.24, 2.45) is 13.0 Å². The maximum atomic E-state index is 13.2. The number of ketones is 1. The molecule has 3 saturated heterocycles. The molecule has 0 spiro atoms. The molecule has 3 fully saturated rings. The maximum absolute atomic E-state index is 13.2. The molecule has 5 heterocycles. The lowest BCUT2D eigenvalue weighted by atomic mass is 9.90. The van der Waals surface area contributed by atoms with Gasteiger partial charge in [-0.05, 0) is 69.7 Å². The van der Waals surface area contributed by atoms with E-state index in [4.69, 9.17) is 9.82 Å². The van der Waals surface area contributed by atoms with E-state index >= 15 is 0 Å². The number of hydrogen-bond acceptors (Lipinski definition) is 7. The van der Waals surface area contributed by atoms with Gasteiger partial charge in [-0.2, -0.15) is 10.2 Å². The van der Waals surface area contributed by atoms with Crippen molar-refractivity contribution in [1.29, 1.82) is 0 Å². The highest BCUT2D eigenvalue weighted by Gasteiger charge is 2.25. The van der Waals surface area contributed by atoms with Crippen LogP contribution in [0.3, 0.4) is 0 Å². The van der Waals surface area contributed by atoms with E-state index < -0.39 is 0 Å². The summed E-state index contributed by atoms with van der Waals surface area (Å²) in [5, 5.41) is 7.63. The van der Waals surface area contributed by atoms with E-state index in [1.54, 1.807) is 4.68 Å². The molecule has 34 heavy (non-hydrogen) atoms. The molecule has 2 aromatic rings. The summed E-state index contributed by atoms with van der Waals surface area (Å²) in [5.74, 6) is 1.62. The Bertz CT molecular complexity index is 954. The number of aryl methyl sites for hydroxylation is 1. The van der Waals surface area contributed by atoms with E-state index in [0.717, 1.165) is 82.1 Å². The van der Waals surface area contributed by atoms with Gasteiger partial charge in [0.1, 0.15) is 11.5 Å². The molecule has 0 atom stereocenters. The summed E-state index contributed by atoms with van der Waals surface area (Å²) in [6.07, 6.45) is 10.2. The van der Waals surface area contributed by atoms with Crippen LogP contribution in [0.1, 0.15) is 68.3 Å². The molecule has 0 N–H and O–H groups in total. The first kappa shape index (κ1) is 23.7. The van der Waals surface area contributed by atoms with Crippen LogP contribution in [0.5, 0.6) is 0 Å². The average Bonchev–Trinajstić information content (AvgIpc) is 3.03. The predicted molar refractivity (Wildman–Crippen MR) is 134 cm³/mol. The van der Waals surface area contributed by atoms with Crippen molar-refractivity contribution in [2.75, 3.05) is 57.3 Å². The zero-order valence-electron chi connectivity index (χ0n) is 20.8. The Kier molecular flexibility index (Phi) is 7.77. The summed E-state index contributed by atoms with van der Waals surface area (Å²) in [7, 11) is 1.91. The number of piperidine rings is 1. The molecule has 5 rings (SSSR count). The van der Waals surface area contributed by atoms with Crippen LogP contribution in [0, 0.1) is 5.92 Å². The van der Waals surface area contributed by atoms with Gasteiger partial charge in [-0.3, -0.25) is 9.63 Å². The summed E-state index contributed by atoms with van der Waals surface area (Å²) in [5.41, 5.74) is 1.41. The van der Waals surface area contributed by atoms with Crippen LogP contribution in [0.2, 0.25) is 0 Å². The number of aromatic nitrogens is 3. The SMILES string of the molecule is Cn1nc(C(=O)CC2CCN(CCN3CCCCO3)CC2)c2ccc(N3CCCCCC3)nc21. The van der Waals surface area contributed by atoms with Crippen molar-refractivity contribution < 1.29 is 9.63 Å². The van der Waals surface area contributed by atoms with Crippen LogP contribution >= 0.6 is 0 Å². The molecular formula is C26H40N6O2.